The number of imide groups is 2. The summed E-state index contributed by atoms with van der Waals surface area (Å²) in [6, 6.07) is 12.8. The van der Waals surface area contributed by atoms with Gasteiger partial charge in [0.2, 0.25) is 0 Å². The Labute approximate surface area is 612 Å². The minimum Gasteiger partial charge on any atom is -0.303 e. The van der Waals surface area contributed by atoms with Crippen LogP contribution in [0.4, 0.5) is 0 Å². The lowest BCUT2D eigenvalue weighted by Crippen LogP contribution is -2.47. The minimum atomic E-state index is -0.152. The van der Waals surface area contributed by atoms with Crippen molar-refractivity contribution in [2.75, 3.05) is 39.3 Å². The second kappa shape index (κ2) is 47.9. The average molecular weight is 1370 g/mol. The van der Waals surface area contributed by atoms with Crippen molar-refractivity contribution in [3.05, 3.63) is 69.8 Å². The van der Waals surface area contributed by atoms with Crippen molar-refractivity contribution in [2.45, 2.75) is 401 Å². The highest BCUT2D eigenvalue weighted by atomic mass is 16.2. The summed E-state index contributed by atoms with van der Waals surface area (Å²) in [5.74, 6) is -0.488. The van der Waals surface area contributed by atoms with Gasteiger partial charge in [0.1, 0.15) is 0 Å². The topological polar surface area (TPSA) is 81.2 Å². The highest BCUT2D eigenvalue weighted by molar-refractivity contribution is 6.42. The Morgan fingerprint density at radius 1 is 0.250 bits per heavy atom. The zero-order valence-corrected chi connectivity index (χ0v) is 66.1. The number of aryl methyl sites for hydroxylation is 2. The Balaban J connectivity index is 1.36. The van der Waals surface area contributed by atoms with Crippen LogP contribution in [-0.2, 0) is 12.8 Å². The first-order valence-corrected chi connectivity index (χ1v) is 43.6. The van der Waals surface area contributed by atoms with Crippen LogP contribution in [-0.4, -0.2) is 94.6 Å². The van der Waals surface area contributed by atoms with E-state index >= 15 is 19.2 Å². The Bertz CT molecular complexity index is 2880. The van der Waals surface area contributed by atoms with Gasteiger partial charge in [0.15, 0.2) is 0 Å². The smallest absolute Gasteiger partial charge is 0.261 e. The molecule has 7 rings (SSSR count). The maximum atomic E-state index is 16.2. The van der Waals surface area contributed by atoms with Crippen molar-refractivity contribution in [1.82, 2.24) is 19.6 Å². The summed E-state index contributed by atoms with van der Waals surface area (Å²) in [5.41, 5.74) is 4.98. The first-order chi connectivity index (χ1) is 49.1. The third-order valence-corrected chi connectivity index (χ3v) is 23.5. The van der Waals surface area contributed by atoms with Crippen LogP contribution in [0.1, 0.15) is 429 Å². The first kappa shape index (κ1) is 82.9. The van der Waals surface area contributed by atoms with E-state index in [2.05, 4.69) is 102 Å². The molecule has 560 valence electrons. The number of nitrogens with zero attached hydrogens (tertiary/aromatic N) is 4. The molecule has 2 heterocycles. The van der Waals surface area contributed by atoms with Crippen LogP contribution in [0.5, 0.6) is 0 Å². The molecule has 0 aliphatic carbocycles. The van der Waals surface area contributed by atoms with Crippen molar-refractivity contribution in [2.24, 2.45) is 0 Å². The number of rotatable bonds is 62. The number of unbranched alkanes of at least 4 members (excludes halogenated alkanes) is 36. The van der Waals surface area contributed by atoms with E-state index in [9.17, 15) is 0 Å². The molecule has 8 nitrogen and oxygen atoms in total. The Hall–Kier alpha value is -4.40. The summed E-state index contributed by atoms with van der Waals surface area (Å²) in [4.78, 5) is 73.0. The number of hydrogen-bond acceptors (Lipinski definition) is 6. The van der Waals surface area contributed by atoms with Crippen LogP contribution in [0.25, 0.3) is 43.1 Å². The maximum absolute atomic E-state index is 16.2. The molecule has 5 aromatic carbocycles. The predicted molar refractivity (Wildman–Crippen MR) is 433 cm³/mol. The molecule has 0 saturated heterocycles. The van der Waals surface area contributed by atoms with E-state index in [-0.39, 0.29) is 35.7 Å². The monoisotopic (exact) mass is 1370 g/mol. The zero-order chi connectivity index (χ0) is 71.1. The van der Waals surface area contributed by atoms with Crippen molar-refractivity contribution < 1.29 is 19.2 Å². The molecule has 2 aliphatic heterocycles. The lowest BCUT2D eigenvalue weighted by atomic mass is 9.78. The average Bonchev–Trinajstić information content (AvgIpc) is 0.682. The van der Waals surface area contributed by atoms with E-state index in [4.69, 9.17) is 0 Å². The van der Waals surface area contributed by atoms with Crippen molar-refractivity contribution >= 4 is 66.7 Å². The highest BCUT2D eigenvalue weighted by Crippen LogP contribution is 2.50. The molecule has 4 amide bonds. The summed E-state index contributed by atoms with van der Waals surface area (Å²) in [6.45, 7) is 24.6. The number of hydrogen-bond donors (Lipinski definition) is 0. The molecule has 0 atom stereocenters. The Kier molecular flexibility index (Phi) is 39.7. The van der Waals surface area contributed by atoms with E-state index in [0.717, 1.165) is 222 Å². The number of fused-ring (bicyclic) bond motifs is 2. The van der Waals surface area contributed by atoms with E-state index in [1.165, 1.54) is 205 Å². The largest absolute Gasteiger partial charge is 0.303 e. The minimum absolute atomic E-state index is 0.113. The van der Waals surface area contributed by atoms with Gasteiger partial charge in [-0.2, -0.15) is 0 Å². The Morgan fingerprint density at radius 3 is 0.740 bits per heavy atom. The molecule has 0 spiro atoms. The molecule has 0 radical (unpaired) electrons. The lowest BCUT2D eigenvalue weighted by molar-refractivity contribution is 0.0501. The third kappa shape index (κ3) is 24.3. The lowest BCUT2D eigenvalue weighted by Gasteiger charge is -2.36. The fourth-order valence-electron chi connectivity index (χ4n) is 17.5. The molecular formula is C92H148N4O4. The predicted octanol–water partition coefficient (Wildman–Crippen LogP) is 27.0. The maximum Gasteiger partial charge on any atom is 0.261 e. The van der Waals surface area contributed by atoms with Gasteiger partial charge >= 0.3 is 0 Å². The van der Waals surface area contributed by atoms with E-state index in [0.29, 0.717) is 22.3 Å². The fourth-order valence-corrected chi connectivity index (χ4v) is 17.5. The van der Waals surface area contributed by atoms with Crippen LogP contribution < -0.4 is 0 Å². The zero-order valence-electron chi connectivity index (χ0n) is 66.1. The number of amides is 4. The van der Waals surface area contributed by atoms with Gasteiger partial charge in [0.05, 0.1) is 0 Å². The molecule has 0 saturated carbocycles. The summed E-state index contributed by atoms with van der Waals surface area (Å²) in [5, 5.41) is 7.97. The van der Waals surface area contributed by atoms with Crippen molar-refractivity contribution in [3.8, 4) is 0 Å². The summed E-state index contributed by atoms with van der Waals surface area (Å²) in [7, 11) is 0. The van der Waals surface area contributed by atoms with Gasteiger partial charge in [-0.1, -0.05) is 324 Å². The van der Waals surface area contributed by atoms with Crippen LogP contribution in [0.15, 0.2) is 36.4 Å². The summed E-state index contributed by atoms with van der Waals surface area (Å²) in [6.07, 6.45) is 60.8. The molecule has 100 heavy (non-hydrogen) atoms. The molecular weight excluding hydrogens is 1230 g/mol. The van der Waals surface area contributed by atoms with E-state index < -0.39 is 0 Å². The van der Waals surface area contributed by atoms with Crippen LogP contribution in [0.2, 0.25) is 0 Å². The number of benzene rings is 5. The molecule has 5 aromatic rings. The number of carbonyl (C=O) groups is 4. The van der Waals surface area contributed by atoms with Crippen molar-refractivity contribution in [1.29, 1.82) is 0 Å². The molecule has 0 N–H and O–H groups in total. The standard InChI is InChI=1S/C92H148N4O4/c1-9-17-25-29-33-37-41-45-49-57-75(58-50-46-42-38-34-30-26-18-10-2)95-89(97)79-63-61-77-84-74(56-54-70-94(67-23-15-7)68-24-16-8)72-82-86-80(90(98)96(92(82)100)76(59-51-47-43-39-35-31-27-19-11-3)60-52-48-44-40-36-32-28-20-12-4)64-62-78(88(84)86)83-73(71-81(91(95)99)85(79)87(77)83)55-53-69-93(65-21-13-5)66-22-14-6/h61-64,71-72,75-76H,9-60,65-70H2,1-8H3. The molecule has 0 unspecified atom stereocenters. The molecule has 0 fully saturated rings. The fraction of sp³-hybridized carbons (Fsp3) is 0.739. The quantitative estimate of drug-likeness (QED) is 0.0167. The number of carbonyl (C=O) groups excluding carboxylic acids is 4. The second-order valence-corrected chi connectivity index (χ2v) is 31.8. The van der Waals surface area contributed by atoms with Gasteiger partial charge in [0, 0.05) is 45.1 Å². The molecule has 0 bridgehead atoms. The van der Waals surface area contributed by atoms with Crippen molar-refractivity contribution in [3.63, 3.8) is 0 Å². The van der Waals surface area contributed by atoms with Crippen LogP contribution in [0, 0.1) is 0 Å². The van der Waals surface area contributed by atoms with Gasteiger partial charge in [-0.15, -0.1) is 0 Å². The van der Waals surface area contributed by atoms with E-state index in [1.807, 2.05) is 0 Å². The summed E-state index contributed by atoms with van der Waals surface area (Å²) < 4.78 is 0. The molecule has 2 aliphatic rings. The normalized spacial score (nSPS) is 13.5. The van der Waals surface area contributed by atoms with Gasteiger partial charge < -0.3 is 9.80 Å². The second-order valence-electron chi connectivity index (χ2n) is 31.8. The molecule has 0 aromatic heterocycles. The SMILES string of the molecule is CCCCCCCCCCCC(CCCCCCCCCCC)N1C(=O)c2ccc3c4c(CCCN(CCCC)CCCC)cc5c6c(ccc(c7c(CCCN(CCCC)CCCC)cc(c2c37)C1=O)c64)C(=O)N(C(CCCCCCCCCCC)CCCCCCCCCCC)C5=O. The summed E-state index contributed by atoms with van der Waals surface area (Å²) >= 11 is 0. The first-order valence-electron chi connectivity index (χ1n) is 43.6. The van der Waals surface area contributed by atoms with Gasteiger partial charge in [-0.25, -0.2) is 0 Å². The highest BCUT2D eigenvalue weighted by Gasteiger charge is 2.42. The van der Waals surface area contributed by atoms with Gasteiger partial charge in [-0.3, -0.25) is 29.0 Å². The van der Waals surface area contributed by atoms with Gasteiger partial charge in [0.25, 0.3) is 23.6 Å². The van der Waals surface area contributed by atoms with E-state index in [1.54, 1.807) is 9.80 Å². The van der Waals surface area contributed by atoms with Gasteiger partial charge in [-0.05, 0) is 184 Å². The molecule has 8 heteroatoms. The van der Waals surface area contributed by atoms with Crippen LogP contribution >= 0.6 is 0 Å². The van der Waals surface area contributed by atoms with Crippen LogP contribution in [0.3, 0.4) is 0 Å². The third-order valence-electron chi connectivity index (χ3n) is 23.5. The Morgan fingerprint density at radius 2 is 0.480 bits per heavy atom.